The molecule has 1 aromatic rings. The van der Waals surface area contributed by atoms with Crippen molar-refractivity contribution >= 4 is 5.91 Å². The molecule has 6 nitrogen and oxygen atoms in total. The minimum absolute atomic E-state index is 0.157. The highest BCUT2D eigenvalue weighted by molar-refractivity contribution is 5.83. The summed E-state index contributed by atoms with van der Waals surface area (Å²) in [5.41, 5.74) is -0.157. The number of hydrogen-bond donors (Lipinski definition) is 2. The zero-order valence-corrected chi connectivity index (χ0v) is 12.1. The van der Waals surface area contributed by atoms with Crippen LogP contribution in [-0.2, 0) is 18.3 Å². The standard InChI is InChI=1S/C14H23N5O/c1-19-10-17-12(18-19)5-7-16-13(20)14-6-3-2-4-11(14)8-15-9-14/h10-11,15H,2-9H2,1H3,(H,16,20)/t11-,14+/m0/s1. The smallest absolute Gasteiger partial charge is 0.227 e. The average molecular weight is 277 g/mol. The maximum atomic E-state index is 12.6. The predicted octanol–water partition coefficient (Wildman–Crippen LogP) is 0.254. The van der Waals surface area contributed by atoms with Crippen molar-refractivity contribution in [2.24, 2.45) is 18.4 Å². The number of amides is 1. The van der Waals surface area contributed by atoms with Crippen molar-refractivity contribution in [1.29, 1.82) is 0 Å². The van der Waals surface area contributed by atoms with E-state index in [1.807, 2.05) is 7.05 Å². The van der Waals surface area contributed by atoms with Crippen molar-refractivity contribution in [2.75, 3.05) is 19.6 Å². The van der Waals surface area contributed by atoms with Crippen LogP contribution in [0.4, 0.5) is 0 Å². The molecular weight excluding hydrogens is 254 g/mol. The first-order valence-electron chi connectivity index (χ1n) is 7.54. The molecule has 110 valence electrons. The van der Waals surface area contributed by atoms with Crippen molar-refractivity contribution in [1.82, 2.24) is 25.4 Å². The van der Waals surface area contributed by atoms with Crippen LogP contribution in [0.1, 0.15) is 31.5 Å². The first kappa shape index (κ1) is 13.5. The Morgan fingerprint density at radius 1 is 1.60 bits per heavy atom. The molecule has 1 saturated carbocycles. The van der Waals surface area contributed by atoms with Gasteiger partial charge < -0.3 is 10.6 Å². The van der Waals surface area contributed by atoms with Crippen LogP contribution in [0.5, 0.6) is 0 Å². The minimum Gasteiger partial charge on any atom is -0.355 e. The Labute approximate surface area is 119 Å². The van der Waals surface area contributed by atoms with Gasteiger partial charge in [-0.05, 0) is 25.3 Å². The normalized spacial score (nSPS) is 29.1. The summed E-state index contributed by atoms with van der Waals surface area (Å²) in [7, 11) is 1.85. The van der Waals surface area contributed by atoms with E-state index in [-0.39, 0.29) is 11.3 Å². The number of aromatic nitrogens is 3. The van der Waals surface area contributed by atoms with Crippen LogP contribution in [-0.4, -0.2) is 40.3 Å². The summed E-state index contributed by atoms with van der Waals surface area (Å²) in [4.78, 5) is 16.8. The van der Waals surface area contributed by atoms with Gasteiger partial charge in [-0.1, -0.05) is 12.8 Å². The van der Waals surface area contributed by atoms with E-state index in [0.717, 1.165) is 25.3 Å². The molecule has 1 aliphatic carbocycles. The molecular formula is C14H23N5O. The molecule has 0 aromatic carbocycles. The molecule has 2 aliphatic rings. The number of fused-ring (bicyclic) bond motifs is 1. The summed E-state index contributed by atoms with van der Waals surface area (Å²) in [5.74, 6) is 1.53. The lowest BCUT2D eigenvalue weighted by atomic mass is 9.67. The van der Waals surface area contributed by atoms with Crippen LogP contribution in [0.3, 0.4) is 0 Å². The molecule has 1 aromatic heterocycles. The van der Waals surface area contributed by atoms with E-state index >= 15 is 0 Å². The fraction of sp³-hybridized carbons (Fsp3) is 0.786. The van der Waals surface area contributed by atoms with Gasteiger partial charge in [0.25, 0.3) is 0 Å². The molecule has 1 saturated heterocycles. The maximum Gasteiger partial charge on any atom is 0.227 e. The summed E-state index contributed by atoms with van der Waals surface area (Å²) in [6.07, 6.45) is 7.03. The third-order valence-corrected chi connectivity index (χ3v) is 4.77. The highest BCUT2D eigenvalue weighted by Gasteiger charge is 2.49. The molecule has 1 amide bonds. The van der Waals surface area contributed by atoms with Gasteiger partial charge in [-0.2, -0.15) is 5.10 Å². The Balaban J connectivity index is 1.55. The van der Waals surface area contributed by atoms with Gasteiger partial charge in [-0.15, -0.1) is 0 Å². The van der Waals surface area contributed by atoms with Gasteiger partial charge in [0.15, 0.2) is 5.82 Å². The van der Waals surface area contributed by atoms with Crippen molar-refractivity contribution < 1.29 is 4.79 Å². The zero-order chi connectivity index (χ0) is 14.0. The zero-order valence-electron chi connectivity index (χ0n) is 12.1. The minimum atomic E-state index is -0.157. The molecule has 1 aliphatic heterocycles. The van der Waals surface area contributed by atoms with Gasteiger partial charge in [-0.25, -0.2) is 4.98 Å². The lowest BCUT2D eigenvalue weighted by Crippen LogP contribution is -2.48. The maximum absolute atomic E-state index is 12.6. The number of rotatable bonds is 4. The lowest BCUT2D eigenvalue weighted by molar-refractivity contribution is -0.133. The Bertz CT molecular complexity index is 486. The third kappa shape index (κ3) is 2.44. The second kappa shape index (κ2) is 5.52. The summed E-state index contributed by atoms with van der Waals surface area (Å²) in [6.45, 7) is 2.46. The number of nitrogens with one attached hydrogen (secondary N) is 2. The van der Waals surface area contributed by atoms with Crippen molar-refractivity contribution in [2.45, 2.75) is 32.1 Å². The van der Waals surface area contributed by atoms with E-state index in [4.69, 9.17) is 0 Å². The summed E-state index contributed by atoms with van der Waals surface area (Å²) < 4.78 is 1.69. The van der Waals surface area contributed by atoms with Crippen molar-refractivity contribution in [3.63, 3.8) is 0 Å². The molecule has 0 bridgehead atoms. The molecule has 0 spiro atoms. The fourth-order valence-corrected chi connectivity index (χ4v) is 3.65. The van der Waals surface area contributed by atoms with Crippen LogP contribution >= 0.6 is 0 Å². The quantitative estimate of drug-likeness (QED) is 0.828. The molecule has 2 atom stereocenters. The van der Waals surface area contributed by atoms with Gasteiger partial charge in [0.2, 0.25) is 5.91 Å². The summed E-state index contributed by atoms with van der Waals surface area (Å²) in [5, 5.41) is 10.7. The Morgan fingerprint density at radius 3 is 3.30 bits per heavy atom. The Kier molecular flexibility index (Phi) is 3.74. The highest BCUT2D eigenvalue weighted by Crippen LogP contribution is 2.43. The van der Waals surface area contributed by atoms with Crippen LogP contribution in [0.25, 0.3) is 0 Å². The van der Waals surface area contributed by atoms with Gasteiger partial charge in [-0.3, -0.25) is 9.48 Å². The highest BCUT2D eigenvalue weighted by atomic mass is 16.2. The van der Waals surface area contributed by atoms with Gasteiger partial charge in [0.1, 0.15) is 6.33 Å². The summed E-state index contributed by atoms with van der Waals surface area (Å²) >= 11 is 0. The average Bonchev–Trinajstić information content (AvgIpc) is 3.05. The molecule has 2 N–H and O–H groups in total. The third-order valence-electron chi connectivity index (χ3n) is 4.77. The summed E-state index contributed by atoms with van der Waals surface area (Å²) in [6, 6.07) is 0. The Hall–Kier alpha value is -1.43. The number of carbonyl (C=O) groups is 1. The van der Waals surface area contributed by atoms with E-state index < -0.39 is 0 Å². The van der Waals surface area contributed by atoms with E-state index in [9.17, 15) is 4.79 Å². The van der Waals surface area contributed by atoms with Gasteiger partial charge in [0, 0.05) is 26.6 Å². The lowest BCUT2D eigenvalue weighted by Gasteiger charge is -2.37. The monoisotopic (exact) mass is 277 g/mol. The molecule has 2 fully saturated rings. The number of hydrogen-bond acceptors (Lipinski definition) is 4. The second-order valence-electron chi connectivity index (χ2n) is 6.07. The Morgan fingerprint density at radius 2 is 2.50 bits per heavy atom. The topological polar surface area (TPSA) is 71.8 Å². The number of nitrogens with zero attached hydrogens (tertiary/aromatic N) is 3. The predicted molar refractivity (Wildman–Crippen MR) is 75.0 cm³/mol. The van der Waals surface area contributed by atoms with Crippen LogP contribution in [0.15, 0.2) is 6.33 Å². The van der Waals surface area contributed by atoms with Gasteiger partial charge in [0.05, 0.1) is 5.41 Å². The molecule has 3 rings (SSSR count). The SMILES string of the molecule is Cn1cnc(CCNC(=O)[C@@]23CCCC[C@H]2CNC3)n1. The van der Waals surface area contributed by atoms with E-state index in [1.165, 1.54) is 19.3 Å². The van der Waals surface area contributed by atoms with Crippen molar-refractivity contribution in [3.8, 4) is 0 Å². The first-order chi connectivity index (χ1) is 9.71. The largest absolute Gasteiger partial charge is 0.355 e. The van der Waals surface area contributed by atoms with Crippen LogP contribution in [0, 0.1) is 11.3 Å². The number of aryl methyl sites for hydroxylation is 1. The van der Waals surface area contributed by atoms with E-state index in [2.05, 4.69) is 20.7 Å². The molecule has 0 radical (unpaired) electrons. The van der Waals surface area contributed by atoms with Crippen molar-refractivity contribution in [3.05, 3.63) is 12.2 Å². The van der Waals surface area contributed by atoms with Crippen LogP contribution < -0.4 is 10.6 Å². The van der Waals surface area contributed by atoms with E-state index in [1.54, 1.807) is 11.0 Å². The molecule has 20 heavy (non-hydrogen) atoms. The van der Waals surface area contributed by atoms with Gasteiger partial charge >= 0.3 is 0 Å². The van der Waals surface area contributed by atoms with E-state index in [0.29, 0.717) is 18.9 Å². The molecule has 0 unspecified atom stereocenters. The first-order valence-corrected chi connectivity index (χ1v) is 7.54. The molecule has 2 heterocycles. The van der Waals surface area contributed by atoms with Crippen LogP contribution in [0.2, 0.25) is 0 Å². The second-order valence-corrected chi connectivity index (χ2v) is 6.07. The number of carbonyl (C=O) groups excluding carboxylic acids is 1. The molecule has 6 heteroatoms. The fourth-order valence-electron chi connectivity index (χ4n) is 3.65.